The molecule has 2 heteroatoms. The van der Waals surface area contributed by atoms with E-state index in [2.05, 4.69) is 18.8 Å². The number of hydrogen-bond donors (Lipinski definition) is 1. The number of rotatable bonds is 3. The van der Waals surface area contributed by atoms with Gasteiger partial charge in [0.15, 0.2) is 0 Å². The van der Waals surface area contributed by atoms with E-state index in [0.717, 1.165) is 29.6 Å². The average molecular weight is 301 g/mol. The van der Waals surface area contributed by atoms with E-state index in [1.54, 1.807) is 0 Å². The SMILES string of the molecule is C=CC(=O)NC1(C2CCCC(C)C2)C2CC3CC(C2)CC1C3. The zero-order valence-electron chi connectivity index (χ0n) is 14.0. The predicted octanol–water partition coefficient (Wildman–Crippen LogP) is 4.31. The molecule has 0 aliphatic heterocycles. The molecule has 4 bridgehead atoms. The van der Waals surface area contributed by atoms with E-state index in [1.165, 1.54) is 63.9 Å². The molecule has 2 nitrogen and oxygen atoms in total. The summed E-state index contributed by atoms with van der Waals surface area (Å²) in [5.41, 5.74) is 0.105. The second-order valence-corrected chi connectivity index (χ2v) is 8.90. The first-order valence-corrected chi connectivity index (χ1v) is 9.56. The summed E-state index contributed by atoms with van der Waals surface area (Å²) in [7, 11) is 0. The summed E-state index contributed by atoms with van der Waals surface area (Å²) < 4.78 is 0. The van der Waals surface area contributed by atoms with Gasteiger partial charge in [-0.2, -0.15) is 0 Å². The van der Waals surface area contributed by atoms with Crippen LogP contribution in [0.4, 0.5) is 0 Å². The quantitative estimate of drug-likeness (QED) is 0.773. The average Bonchev–Trinajstić information content (AvgIpc) is 2.50. The van der Waals surface area contributed by atoms with Crippen molar-refractivity contribution >= 4 is 5.91 Å². The molecule has 122 valence electrons. The van der Waals surface area contributed by atoms with Gasteiger partial charge in [-0.05, 0) is 86.5 Å². The first-order chi connectivity index (χ1) is 10.6. The minimum Gasteiger partial charge on any atom is -0.346 e. The van der Waals surface area contributed by atoms with Crippen LogP contribution in [0.3, 0.4) is 0 Å². The molecule has 0 aromatic heterocycles. The molecule has 5 saturated carbocycles. The molecular formula is C20H31NO. The van der Waals surface area contributed by atoms with E-state index in [-0.39, 0.29) is 11.4 Å². The van der Waals surface area contributed by atoms with Crippen molar-refractivity contribution in [1.82, 2.24) is 5.32 Å². The lowest BCUT2D eigenvalue weighted by Gasteiger charge is -2.64. The smallest absolute Gasteiger partial charge is 0.243 e. The molecule has 0 aromatic carbocycles. The van der Waals surface area contributed by atoms with Gasteiger partial charge in [-0.15, -0.1) is 0 Å². The lowest BCUT2D eigenvalue weighted by molar-refractivity contribution is -0.137. The number of hydrogen-bond acceptors (Lipinski definition) is 1. The first kappa shape index (κ1) is 14.8. The number of carbonyl (C=O) groups excluding carboxylic acids is 1. The highest BCUT2D eigenvalue weighted by Crippen LogP contribution is 2.62. The van der Waals surface area contributed by atoms with Gasteiger partial charge in [0, 0.05) is 5.54 Å². The lowest BCUT2D eigenvalue weighted by atomic mass is 9.44. The summed E-state index contributed by atoms with van der Waals surface area (Å²) in [6, 6.07) is 0. The number of nitrogens with one attached hydrogen (secondary N) is 1. The highest BCUT2D eigenvalue weighted by molar-refractivity contribution is 5.87. The summed E-state index contributed by atoms with van der Waals surface area (Å²) in [5.74, 6) is 5.00. The summed E-state index contributed by atoms with van der Waals surface area (Å²) in [5, 5.41) is 3.56. The number of carbonyl (C=O) groups is 1. The highest BCUT2D eigenvalue weighted by atomic mass is 16.1. The summed E-state index contributed by atoms with van der Waals surface area (Å²) in [6.07, 6.45) is 13.8. The van der Waals surface area contributed by atoms with Crippen molar-refractivity contribution in [2.24, 2.45) is 35.5 Å². The summed E-state index contributed by atoms with van der Waals surface area (Å²) in [6.45, 7) is 6.13. The maximum absolute atomic E-state index is 12.3. The fraction of sp³-hybridized carbons (Fsp3) is 0.850. The molecule has 1 N–H and O–H groups in total. The van der Waals surface area contributed by atoms with Gasteiger partial charge in [-0.3, -0.25) is 4.79 Å². The minimum atomic E-state index is 0.0747. The van der Waals surface area contributed by atoms with Crippen LogP contribution in [0.5, 0.6) is 0 Å². The molecule has 0 saturated heterocycles. The van der Waals surface area contributed by atoms with Crippen molar-refractivity contribution < 1.29 is 4.79 Å². The Balaban J connectivity index is 1.69. The first-order valence-electron chi connectivity index (χ1n) is 9.56. The van der Waals surface area contributed by atoms with Crippen molar-refractivity contribution in [2.45, 2.75) is 70.3 Å². The molecule has 0 aromatic rings. The maximum Gasteiger partial charge on any atom is 0.243 e. The normalized spacial score (nSPS) is 49.9. The monoisotopic (exact) mass is 301 g/mol. The molecule has 5 aliphatic carbocycles. The Morgan fingerprint density at radius 3 is 2.18 bits per heavy atom. The zero-order chi connectivity index (χ0) is 15.3. The van der Waals surface area contributed by atoms with Crippen molar-refractivity contribution in [3.63, 3.8) is 0 Å². The van der Waals surface area contributed by atoms with E-state index in [4.69, 9.17) is 0 Å². The van der Waals surface area contributed by atoms with Gasteiger partial charge in [0.05, 0.1) is 0 Å². The van der Waals surface area contributed by atoms with Crippen molar-refractivity contribution in [2.75, 3.05) is 0 Å². The van der Waals surface area contributed by atoms with E-state index < -0.39 is 0 Å². The highest BCUT2D eigenvalue weighted by Gasteiger charge is 2.60. The Morgan fingerprint density at radius 1 is 1.00 bits per heavy atom. The zero-order valence-corrected chi connectivity index (χ0v) is 14.0. The molecule has 0 spiro atoms. The Morgan fingerprint density at radius 2 is 1.64 bits per heavy atom. The third kappa shape index (κ3) is 2.17. The molecular weight excluding hydrogens is 270 g/mol. The van der Waals surface area contributed by atoms with Crippen LogP contribution in [0.25, 0.3) is 0 Å². The Labute approximate surface area is 135 Å². The van der Waals surface area contributed by atoms with Crippen LogP contribution >= 0.6 is 0 Å². The van der Waals surface area contributed by atoms with E-state index >= 15 is 0 Å². The van der Waals surface area contributed by atoms with Crippen LogP contribution in [0, 0.1) is 35.5 Å². The van der Waals surface area contributed by atoms with Crippen molar-refractivity contribution in [1.29, 1.82) is 0 Å². The Hall–Kier alpha value is -0.790. The fourth-order valence-corrected chi connectivity index (χ4v) is 7.07. The van der Waals surface area contributed by atoms with Crippen LogP contribution in [0.15, 0.2) is 12.7 Å². The van der Waals surface area contributed by atoms with Gasteiger partial charge >= 0.3 is 0 Å². The minimum absolute atomic E-state index is 0.0747. The largest absolute Gasteiger partial charge is 0.346 e. The molecule has 22 heavy (non-hydrogen) atoms. The molecule has 5 aliphatic rings. The standard InChI is InChI=1S/C20H31NO/c1-3-19(22)21-20(16-6-4-5-13(2)7-16)17-9-14-8-15(11-17)12-18(20)10-14/h3,13-18H,1,4-12H2,2H3,(H,21,22). The molecule has 5 fully saturated rings. The second-order valence-electron chi connectivity index (χ2n) is 8.90. The van der Waals surface area contributed by atoms with Crippen molar-refractivity contribution in [3.8, 4) is 0 Å². The molecule has 2 atom stereocenters. The predicted molar refractivity (Wildman–Crippen MR) is 89.2 cm³/mol. The molecule has 0 heterocycles. The van der Waals surface area contributed by atoms with E-state index in [1.807, 2.05) is 0 Å². The molecule has 0 radical (unpaired) electrons. The Kier molecular flexibility index (Phi) is 3.62. The van der Waals surface area contributed by atoms with E-state index in [0.29, 0.717) is 5.92 Å². The maximum atomic E-state index is 12.3. The number of amides is 1. The van der Waals surface area contributed by atoms with Gasteiger partial charge in [0.2, 0.25) is 5.91 Å². The molecule has 2 unspecified atom stereocenters. The van der Waals surface area contributed by atoms with Crippen LogP contribution in [-0.2, 0) is 4.79 Å². The topological polar surface area (TPSA) is 29.1 Å². The third-order valence-electron chi connectivity index (χ3n) is 7.63. The van der Waals surface area contributed by atoms with Crippen LogP contribution in [0.1, 0.15) is 64.7 Å². The third-order valence-corrected chi connectivity index (χ3v) is 7.63. The van der Waals surface area contributed by atoms with Gasteiger partial charge in [0.1, 0.15) is 0 Å². The van der Waals surface area contributed by atoms with Gasteiger partial charge in [-0.25, -0.2) is 0 Å². The van der Waals surface area contributed by atoms with Crippen molar-refractivity contribution in [3.05, 3.63) is 12.7 Å². The van der Waals surface area contributed by atoms with E-state index in [9.17, 15) is 4.79 Å². The van der Waals surface area contributed by atoms with Gasteiger partial charge in [0.25, 0.3) is 0 Å². The molecule has 1 amide bonds. The lowest BCUT2D eigenvalue weighted by Crippen LogP contribution is -2.69. The van der Waals surface area contributed by atoms with Crippen LogP contribution in [0.2, 0.25) is 0 Å². The van der Waals surface area contributed by atoms with Gasteiger partial charge in [-0.1, -0.05) is 26.3 Å². The fourth-order valence-electron chi connectivity index (χ4n) is 7.07. The van der Waals surface area contributed by atoms with Crippen LogP contribution < -0.4 is 5.32 Å². The van der Waals surface area contributed by atoms with Gasteiger partial charge < -0.3 is 5.32 Å². The Bertz CT molecular complexity index is 440. The summed E-state index contributed by atoms with van der Waals surface area (Å²) >= 11 is 0. The second kappa shape index (κ2) is 5.39. The summed E-state index contributed by atoms with van der Waals surface area (Å²) in [4.78, 5) is 12.3. The van der Waals surface area contributed by atoms with Crippen LogP contribution in [-0.4, -0.2) is 11.4 Å². The molecule has 5 rings (SSSR count).